The third-order valence-electron chi connectivity index (χ3n) is 4.16. The summed E-state index contributed by atoms with van der Waals surface area (Å²) in [6.45, 7) is 0.436. The minimum atomic E-state index is -0.553. The van der Waals surface area contributed by atoms with Gasteiger partial charge in [-0.3, -0.25) is 10.1 Å². The maximum Gasteiger partial charge on any atom is 0.246 e. The van der Waals surface area contributed by atoms with E-state index < -0.39 is 6.04 Å². The van der Waals surface area contributed by atoms with Gasteiger partial charge in [-0.1, -0.05) is 48.5 Å². The lowest BCUT2D eigenvalue weighted by atomic mass is 10.1. The highest BCUT2D eigenvalue weighted by molar-refractivity contribution is 5.95. The molecule has 4 nitrogen and oxygen atoms in total. The molecule has 0 radical (unpaired) electrons. The first-order chi connectivity index (χ1) is 13.2. The molecule has 0 unspecified atom stereocenters. The van der Waals surface area contributed by atoms with Crippen molar-refractivity contribution in [2.45, 2.75) is 12.6 Å². The first-order valence-electron chi connectivity index (χ1n) is 8.63. The van der Waals surface area contributed by atoms with Gasteiger partial charge in [-0.2, -0.15) is 0 Å². The smallest absolute Gasteiger partial charge is 0.246 e. The molecule has 2 N–H and O–H groups in total. The quantitative estimate of drug-likeness (QED) is 0.657. The summed E-state index contributed by atoms with van der Waals surface area (Å²) < 4.78 is 18.3. The molecule has 0 spiro atoms. The lowest BCUT2D eigenvalue weighted by molar-refractivity contribution is -0.118. The molecule has 0 aliphatic rings. The number of hydrogen-bond acceptors (Lipinski definition) is 3. The van der Waals surface area contributed by atoms with Crippen LogP contribution in [0.1, 0.15) is 17.2 Å². The normalized spacial score (nSPS) is 11.6. The van der Waals surface area contributed by atoms with Crippen molar-refractivity contribution in [3.63, 3.8) is 0 Å². The van der Waals surface area contributed by atoms with E-state index >= 15 is 0 Å². The van der Waals surface area contributed by atoms with Crippen LogP contribution in [0.5, 0.6) is 5.75 Å². The van der Waals surface area contributed by atoms with Gasteiger partial charge in [-0.05, 0) is 35.4 Å². The average Bonchev–Trinajstić information content (AvgIpc) is 2.70. The van der Waals surface area contributed by atoms with Crippen LogP contribution in [0.25, 0.3) is 0 Å². The molecular weight excluding hydrogens is 343 g/mol. The predicted octanol–water partition coefficient (Wildman–Crippen LogP) is 4.30. The summed E-state index contributed by atoms with van der Waals surface area (Å²) in [6.07, 6.45) is 0. The van der Waals surface area contributed by atoms with Crippen LogP contribution < -0.4 is 15.4 Å². The van der Waals surface area contributed by atoms with E-state index in [4.69, 9.17) is 4.74 Å². The molecule has 0 saturated carbocycles. The van der Waals surface area contributed by atoms with Crippen molar-refractivity contribution >= 4 is 11.6 Å². The number of amides is 1. The Morgan fingerprint density at radius 3 is 2.44 bits per heavy atom. The number of benzene rings is 3. The monoisotopic (exact) mass is 364 g/mol. The largest absolute Gasteiger partial charge is 0.497 e. The summed E-state index contributed by atoms with van der Waals surface area (Å²) >= 11 is 0. The van der Waals surface area contributed by atoms with Gasteiger partial charge in [-0.15, -0.1) is 0 Å². The summed E-state index contributed by atoms with van der Waals surface area (Å²) in [5.41, 5.74) is 2.40. The molecule has 1 atom stereocenters. The van der Waals surface area contributed by atoms with Crippen molar-refractivity contribution in [2.75, 3.05) is 12.4 Å². The molecule has 3 aromatic rings. The number of anilines is 1. The van der Waals surface area contributed by atoms with Crippen LogP contribution in [0.3, 0.4) is 0 Å². The molecule has 138 valence electrons. The Bertz CT molecular complexity index is 882. The van der Waals surface area contributed by atoms with Crippen LogP contribution in [-0.4, -0.2) is 13.0 Å². The molecule has 27 heavy (non-hydrogen) atoms. The van der Waals surface area contributed by atoms with E-state index in [1.807, 2.05) is 48.5 Å². The molecule has 0 saturated heterocycles. The third kappa shape index (κ3) is 5.15. The fourth-order valence-electron chi connectivity index (χ4n) is 2.74. The van der Waals surface area contributed by atoms with Crippen LogP contribution in [0.4, 0.5) is 10.1 Å². The van der Waals surface area contributed by atoms with Gasteiger partial charge in [-0.25, -0.2) is 4.39 Å². The fourth-order valence-corrected chi connectivity index (χ4v) is 2.74. The van der Waals surface area contributed by atoms with Crippen LogP contribution in [0, 0.1) is 5.82 Å². The zero-order valence-corrected chi connectivity index (χ0v) is 15.0. The fraction of sp³-hybridized carbons (Fsp3) is 0.136. The van der Waals surface area contributed by atoms with Crippen molar-refractivity contribution in [1.29, 1.82) is 0 Å². The SMILES string of the molecule is COc1cccc(NC(=O)[C@H](NCc2ccc(F)cc2)c2ccccc2)c1. The highest BCUT2D eigenvalue weighted by Gasteiger charge is 2.20. The zero-order chi connectivity index (χ0) is 19.1. The molecular formula is C22H21FN2O2. The lowest BCUT2D eigenvalue weighted by Gasteiger charge is -2.19. The molecule has 0 aliphatic heterocycles. The number of hydrogen-bond donors (Lipinski definition) is 2. The summed E-state index contributed by atoms with van der Waals surface area (Å²) in [6, 6.07) is 22.3. The van der Waals surface area contributed by atoms with Crippen LogP contribution in [0.2, 0.25) is 0 Å². The van der Waals surface area contributed by atoms with Crippen molar-refractivity contribution < 1.29 is 13.9 Å². The van der Waals surface area contributed by atoms with Crippen LogP contribution in [-0.2, 0) is 11.3 Å². The summed E-state index contributed by atoms with van der Waals surface area (Å²) in [7, 11) is 1.58. The molecule has 5 heteroatoms. The first kappa shape index (κ1) is 18.6. The molecule has 0 aliphatic carbocycles. The van der Waals surface area contributed by atoms with Crippen LogP contribution >= 0.6 is 0 Å². The molecule has 3 rings (SSSR count). The van der Waals surface area contributed by atoms with E-state index in [0.29, 0.717) is 18.0 Å². The highest BCUT2D eigenvalue weighted by atomic mass is 19.1. The Morgan fingerprint density at radius 2 is 1.74 bits per heavy atom. The van der Waals surface area contributed by atoms with E-state index in [0.717, 1.165) is 11.1 Å². The van der Waals surface area contributed by atoms with Crippen molar-refractivity contribution in [3.8, 4) is 5.75 Å². The summed E-state index contributed by atoms with van der Waals surface area (Å²) in [5.74, 6) is 0.203. The van der Waals surface area contributed by atoms with Gasteiger partial charge in [0, 0.05) is 18.3 Å². The number of ether oxygens (including phenoxy) is 1. The highest BCUT2D eigenvalue weighted by Crippen LogP contribution is 2.20. The second-order valence-electron chi connectivity index (χ2n) is 6.07. The number of nitrogens with one attached hydrogen (secondary N) is 2. The molecule has 0 bridgehead atoms. The molecule has 3 aromatic carbocycles. The second-order valence-corrected chi connectivity index (χ2v) is 6.07. The number of carbonyl (C=O) groups excluding carboxylic acids is 1. The van der Waals surface area contributed by atoms with E-state index in [-0.39, 0.29) is 11.7 Å². The maximum atomic E-state index is 13.1. The Morgan fingerprint density at radius 1 is 1.00 bits per heavy atom. The zero-order valence-electron chi connectivity index (χ0n) is 15.0. The van der Waals surface area contributed by atoms with E-state index in [9.17, 15) is 9.18 Å². The van der Waals surface area contributed by atoms with E-state index in [1.165, 1.54) is 12.1 Å². The Kier molecular flexibility index (Phi) is 6.18. The van der Waals surface area contributed by atoms with Gasteiger partial charge in [0.25, 0.3) is 0 Å². The number of rotatable bonds is 7. The van der Waals surface area contributed by atoms with Crippen molar-refractivity contribution in [2.24, 2.45) is 0 Å². The minimum absolute atomic E-state index is 0.184. The second kappa shape index (κ2) is 8.96. The van der Waals surface area contributed by atoms with Crippen molar-refractivity contribution in [3.05, 3.63) is 95.8 Å². The van der Waals surface area contributed by atoms with Crippen molar-refractivity contribution in [1.82, 2.24) is 5.32 Å². The summed E-state index contributed by atoms with van der Waals surface area (Å²) in [5, 5.41) is 6.17. The average molecular weight is 364 g/mol. The molecule has 0 fully saturated rings. The van der Waals surface area contributed by atoms with Crippen LogP contribution in [0.15, 0.2) is 78.9 Å². The van der Waals surface area contributed by atoms with Gasteiger partial charge in [0.1, 0.15) is 17.6 Å². The van der Waals surface area contributed by atoms with Gasteiger partial charge in [0.15, 0.2) is 0 Å². The Labute approximate surface area is 158 Å². The van der Waals surface area contributed by atoms with E-state index in [1.54, 1.807) is 25.3 Å². The Hall–Kier alpha value is -3.18. The topological polar surface area (TPSA) is 50.4 Å². The van der Waals surface area contributed by atoms with E-state index in [2.05, 4.69) is 10.6 Å². The minimum Gasteiger partial charge on any atom is -0.497 e. The predicted molar refractivity (Wildman–Crippen MR) is 104 cm³/mol. The van der Waals surface area contributed by atoms with Gasteiger partial charge in [0.05, 0.1) is 7.11 Å². The molecule has 1 amide bonds. The Balaban J connectivity index is 1.76. The number of methoxy groups -OCH3 is 1. The first-order valence-corrected chi connectivity index (χ1v) is 8.63. The summed E-state index contributed by atoms with van der Waals surface area (Å²) in [4.78, 5) is 12.9. The maximum absolute atomic E-state index is 13.1. The van der Waals surface area contributed by atoms with Gasteiger partial charge < -0.3 is 10.1 Å². The number of carbonyl (C=O) groups is 1. The molecule has 0 heterocycles. The standard InChI is InChI=1S/C22H21FN2O2/c1-27-20-9-5-8-19(14-20)25-22(26)21(17-6-3-2-4-7-17)24-15-16-10-12-18(23)13-11-16/h2-14,21,24H,15H2,1H3,(H,25,26)/t21-/m1/s1. The van der Waals surface area contributed by atoms with Gasteiger partial charge >= 0.3 is 0 Å². The third-order valence-corrected chi connectivity index (χ3v) is 4.16. The molecule has 0 aromatic heterocycles. The number of halogens is 1. The van der Waals surface area contributed by atoms with Gasteiger partial charge in [0.2, 0.25) is 5.91 Å². The lowest BCUT2D eigenvalue weighted by Crippen LogP contribution is -2.32.